The lowest BCUT2D eigenvalue weighted by Crippen LogP contribution is -2.11. The van der Waals surface area contributed by atoms with Crippen molar-refractivity contribution in [3.63, 3.8) is 0 Å². The number of fused-ring (bicyclic) bond motifs is 1. The lowest BCUT2D eigenvalue weighted by Gasteiger charge is -2.13. The first-order valence-electron chi connectivity index (χ1n) is 7.91. The van der Waals surface area contributed by atoms with E-state index in [1.165, 1.54) is 13.4 Å². The van der Waals surface area contributed by atoms with Gasteiger partial charge in [-0.3, -0.25) is 4.79 Å². The van der Waals surface area contributed by atoms with Crippen LogP contribution in [0.2, 0.25) is 0 Å². The zero-order chi connectivity index (χ0) is 18.1. The maximum atomic E-state index is 12.9. The van der Waals surface area contributed by atoms with Crippen LogP contribution in [0.25, 0.3) is 11.0 Å². The number of aromatic hydroxyl groups is 1. The Balaban J connectivity index is 2.13. The van der Waals surface area contributed by atoms with Crippen molar-refractivity contribution < 1.29 is 19.0 Å². The van der Waals surface area contributed by atoms with Gasteiger partial charge in [-0.25, -0.2) is 0 Å². The molecule has 0 saturated heterocycles. The monoisotopic (exact) mass is 340 g/mol. The lowest BCUT2D eigenvalue weighted by molar-refractivity contribution is 0.400. The van der Waals surface area contributed by atoms with E-state index in [1.54, 1.807) is 21.0 Å². The van der Waals surface area contributed by atoms with Crippen molar-refractivity contribution in [1.29, 1.82) is 0 Å². The Hall–Kier alpha value is -2.95. The van der Waals surface area contributed by atoms with Gasteiger partial charge in [0.05, 0.1) is 20.5 Å². The van der Waals surface area contributed by atoms with Crippen LogP contribution in [0.15, 0.2) is 39.7 Å². The molecule has 5 nitrogen and oxygen atoms in total. The summed E-state index contributed by atoms with van der Waals surface area (Å²) in [6, 6.07) is 7.48. The molecule has 0 aliphatic carbocycles. The van der Waals surface area contributed by atoms with Crippen LogP contribution < -0.4 is 14.9 Å². The Kier molecular flexibility index (Phi) is 4.40. The number of rotatable bonds is 4. The quantitative estimate of drug-likeness (QED) is 0.784. The van der Waals surface area contributed by atoms with E-state index >= 15 is 0 Å². The van der Waals surface area contributed by atoms with E-state index in [2.05, 4.69) is 0 Å². The first-order chi connectivity index (χ1) is 12.0. The predicted molar refractivity (Wildman–Crippen MR) is 96.0 cm³/mol. The summed E-state index contributed by atoms with van der Waals surface area (Å²) < 4.78 is 16.1. The number of hydrogen-bond acceptors (Lipinski definition) is 5. The van der Waals surface area contributed by atoms with Crippen LogP contribution in [0.3, 0.4) is 0 Å². The SMILES string of the molecule is COc1ccc(Cc2coc3c(C)c(OC)c(C)c(O)c3c2=O)cc1. The highest BCUT2D eigenvalue weighted by atomic mass is 16.5. The maximum Gasteiger partial charge on any atom is 0.199 e. The molecule has 5 heteroatoms. The molecule has 0 amide bonds. The maximum absolute atomic E-state index is 12.9. The van der Waals surface area contributed by atoms with Crippen LogP contribution in [0.1, 0.15) is 22.3 Å². The molecular formula is C20H20O5. The van der Waals surface area contributed by atoms with E-state index in [4.69, 9.17) is 13.9 Å². The number of benzene rings is 2. The van der Waals surface area contributed by atoms with Crippen molar-refractivity contribution in [2.75, 3.05) is 14.2 Å². The molecule has 3 aromatic rings. The third-order valence-corrected chi connectivity index (χ3v) is 4.44. The highest BCUT2D eigenvalue weighted by Crippen LogP contribution is 2.37. The minimum Gasteiger partial charge on any atom is -0.507 e. The summed E-state index contributed by atoms with van der Waals surface area (Å²) in [6.45, 7) is 3.52. The van der Waals surface area contributed by atoms with Crippen LogP contribution in [0, 0.1) is 13.8 Å². The van der Waals surface area contributed by atoms with Gasteiger partial charge in [0.2, 0.25) is 0 Å². The van der Waals surface area contributed by atoms with Crippen molar-refractivity contribution in [3.8, 4) is 17.2 Å². The Bertz CT molecular complexity index is 984. The fourth-order valence-electron chi connectivity index (χ4n) is 3.07. The third-order valence-electron chi connectivity index (χ3n) is 4.44. The highest BCUT2D eigenvalue weighted by Gasteiger charge is 2.20. The molecule has 130 valence electrons. The van der Waals surface area contributed by atoms with Gasteiger partial charge in [0.25, 0.3) is 0 Å². The first-order valence-corrected chi connectivity index (χ1v) is 7.91. The largest absolute Gasteiger partial charge is 0.507 e. The van der Waals surface area contributed by atoms with Gasteiger partial charge in [0.1, 0.15) is 28.2 Å². The van der Waals surface area contributed by atoms with Crippen molar-refractivity contribution in [2.24, 2.45) is 0 Å². The molecule has 3 rings (SSSR count). The summed E-state index contributed by atoms with van der Waals surface area (Å²) in [4.78, 5) is 12.9. The number of ether oxygens (including phenoxy) is 2. The van der Waals surface area contributed by atoms with Crippen molar-refractivity contribution in [3.05, 3.63) is 63.0 Å². The topological polar surface area (TPSA) is 68.9 Å². The zero-order valence-corrected chi connectivity index (χ0v) is 14.7. The zero-order valence-electron chi connectivity index (χ0n) is 14.7. The van der Waals surface area contributed by atoms with Gasteiger partial charge in [0, 0.05) is 23.1 Å². The molecule has 1 aromatic heterocycles. The molecule has 1 heterocycles. The fourth-order valence-corrected chi connectivity index (χ4v) is 3.07. The van der Waals surface area contributed by atoms with E-state index in [9.17, 15) is 9.90 Å². The number of hydrogen-bond donors (Lipinski definition) is 1. The van der Waals surface area contributed by atoms with Crippen molar-refractivity contribution >= 4 is 11.0 Å². The van der Waals surface area contributed by atoms with Gasteiger partial charge in [-0.15, -0.1) is 0 Å². The molecular weight excluding hydrogens is 320 g/mol. The van der Waals surface area contributed by atoms with Gasteiger partial charge < -0.3 is 19.0 Å². The molecule has 0 bridgehead atoms. The molecule has 0 radical (unpaired) electrons. The van der Waals surface area contributed by atoms with Gasteiger partial charge in [-0.1, -0.05) is 12.1 Å². The molecule has 0 aliphatic heterocycles. The molecule has 1 N–H and O–H groups in total. The summed E-state index contributed by atoms with van der Waals surface area (Å²) in [7, 11) is 3.13. The van der Waals surface area contributed by atoms with Crippen LogP contribution in [0.4, 0.5) is 0 Å². The van der Waals surface area contributed by atoms with E-state index in [0.717, 1.165) is 11.3 Å². The predicted octanol–water partition coefficient (Wildman–Crippen LogP) is 3.72. The van der Waals surface area contributed by atoms with Crippen LogP contribution >= 0.6 is 0 Å². The molecule has 0 atom stereocenters. The fraction of sp³-hybridized carbons (Fsp3) is 0.250. The number of methoxy groups -OCH3 is 2. The summed E-state index contributed by atoms with van der Waals surface area (Å²) in [6.07, 6.45) is 1.86. The van der Waals surface area contributed by atoms with Crippen LogP contribution in [-0.2, 0) is 6.42 Å². The summed E-state index contributed by atoms with van der Waals surface area (Å²) in [5.41, 5.74) is 2.78. The standard InChI is InChI=1S/C20H20O5/c1-11-17(21)16-18(22)14(9-13-5-7-15(23-3)8-6-13)10-25-20(16)12(2)19(11)24-4/h5-8,10,21H,9H2,1-4H3. The lowest BCUT2D eigenvalue weighted by atomic mass is 10.0. The van der Waals surface area contributed by atoms with Gasteiger partial charge >= 0.3 is 0 Å². The van der Waals surface area contributed by atoms with Gasteiger partial charge in [0.15, 0.2) is 5.43 Å². The van der Waals surface area contributed by atoms with Crippen LogP contribution in [0.5, 0.6) is 17.2 Å². The van der Waals surface area contributed by atoms with E-state index < -0.39 is 0 Å². The molecule has 25 heavy (non-hydrogen) atoms. The molecule has 0 aliphatic rings. The Morgan fingerprint density at radius 1 is 1.04 bits per heavy atom. The summed E-state index contributed by atoms with van der Waals surface area (Å²) >= 11 is 0. The normalized spacial score (nSPS) is 10.9. The summed E-state index contributed by atoms with van der Waals surface area (Å²) in [5, 5.41) is 10.7. The Morgan fingerprint density at radius 2 is 1.72 bits per heavy atom. The second kappa shape index (κ2) is 6.51. The van der Waals surface area contributed by atoms with Gasteiger partial charge in [-0.05, 0) is 31.5 Å². The summed E-state index contributed by atoms with van der Waals surface area (Å²) in [5.74, 6) is 1.18. The first kappa shape index (κ1) is 16.9. The number of phenolic OH excluding ortho intramolecular Hbond substituents is 1. The Labute approximate surface area is 145 Å². The highest BCUT2D eigenvalue weighted by molar-refractivity contribution is 5.90. The van der Waals surface area contributed by atoms with Crippen molar-refractivity contribution in [2.45, 2.75) is 20.3 Å². The minimum atomic E-state index is -0.233. The number of aryl methyl sites for hydroxylation is 1. The van der Waals surface area contributed by atoms with Gasteiger partial charge in [-0.2, -0.15) is 0 Å². The molecule has 0 spiro atoms. The molecule has 0 unspecified atom stereocenters. The van der Waals surface area contributed by atoms with E-state index in [0.29, 0.717) is 34.4 Å². The average Bonchev–Trinajstić information content (AvgIpc) is 2.62. The third kappa shape index (κ3) is 2.82. The number of phenols is 1. The smallest absolute Gasteiger partial charge is 0.199 e. The van der Waals surface area contributed by atoms with E-state index in [-0.39, 0.29) is 16.6 Å². The molecule has 2 aromatic carbocycles. The Morgan fingerprint density at radius 3 is 2.32 bits per heavy atom. The van der Waals surface area contributed by atoms with Crippen molar-refractivity contribution in [1.82, 2.24) is 0 Å². The minimum absolute atomic E-state index is 0.0946. The average molecular weight is 340 g/mol. The van der Waals surface area contributed by atoms with E-state index in [1.807, 2.05) is 24.3 Å². The van der Waals surface area contributed by atoms with Crippen LogP contribution in [-0.4, -0.2) is 19.3 Å². The molecule has 0 fully saturated rings. The second-order valence-corrected chi connectivity index (χ2v) is 5.95. The molecule has 0 saturated carbocycles. The second-order valence-electron chi connectivity index (χ2n) is 5.95.